The number of rotatable bonds is 5. The van der Waals surface area contributed by atoms with Gasteiger partial charge in [-0.1, -0.05) is 24.3 Å². The highest BCUT2D eigenvalue weighted by molar-refractivity contribution is 5.97. The van der Waals surface area contributed by atoms with E-state index >= 15 is 0 Å². The van der Waals surface area contributed by atoms with E-state index in [1.54, 1.807) is 18.2 Å². The number of carbonyl (C=O) groups is 1. The molecule has 1 aromatic carbocycles. The fourth-order valence-electron chi connectivity index (χ4n) is 1.89. The van der Waals surface area contributed by atoms with Gasteiger partial charge in [0.15, 0.2) is 17.1 Å². The molecule has 0 spiro atoms. The number of nitrogens with zero attached hydrogens (tertiary/aromatic N) is 1. The van der Waals surface area contributed by atoms with Crippen molar-refractivity contribution in [2.24, 2.45) is 0 Å². The largest absolute Gasteiger partial charge is 0.477 e. The van der Waals surface area contributed by atoms with Gasteiger partial charge in [-0.25, -0.2) is 4.79 Å². The first-order valence-corrected chi connectivity index (χ1v) is 6.98. The van der Waals surface area contributed by atoms with Crippen molar-refractivity contribution in [1.82, 2.24) is 0 Å². The van der Waals surface area contributed by atoms with E-state index in [1.165, 1.54) is 6.08 Å². The molecule has 1 aliphatic heterocycles. The zero-order valence-electron chi connectivity index (χ0n) is 12.0. The minimum Gasteiger partial charge on any atom is -0.477 e. The van der Waals surface area contributed by atoms with Gasteiger partial charge in [-0.2, -0.15) is 0 Å². The van der Waals surface area contributed by atoms with Gasteiger partial charge in [0, 0.05) is 6.42 Å². The molecule has 0 fully saturated rings. The van der Waals surface area contributed by atoms with Crippen LogP contribution in [0.1, 0.15) is 31.7 Å². The first kappa shape index (κ1) is 14.9. The Kier molecular flexibility index (Phi) is 5.22. The van der Waals surface area contributed by atoms with Gasteiger partial charge in [0.1, 0.15) is 0 Å². The summed E-state index contributed by atoms with van der Waals surface area (Å²) in [6.45, 7) is 2.90. The molecule has 0 saturated heterocycles. The first-order valence-electron chi connectivity index (χ1n) is 6.98. The summed E-state index contributed by atoms with van der Waals surface area (Å²) < 4.78 is 10.5. The SMILES string of the molecule is CCCCC[N+]#CC(=Cc1ccc2c(c1)OCO2)C(=O)O. The lowest BCUT2D eigenvalue weighted by molar-refractivity contribution is -0.132. The lowest BCUT2D eigenvalue weighted by atomic mass is 10.1. The zero-order valence-corrected chi connectivity index (χ0v) is 12.0. The topological polar surface area (TPSA) is 60.1 Å². The van der Waals surface area contributed by atoms with Crippen LogP contribution in [0.3, 0.4) is 0 Å². The zero-order chi connectivity index (χ0) is 15.1. The average Bonchev–Trinajstić information content (AvgIpc) is 2.93. The van der Waals surface area contributed by atoms with E-state index in [1.807, 2.05) is 0 Å². The highest BCUT2D eigenvalue weighted by Gasteiger charge is 2.15. The van der Waals surface area contributed by atoms with E-state index in [-0.39, 0.29) is 12.4 Å². The van der Waals surface area contributed by atoms with E-state index in [0.29, 0.717) is 23.6 Å². The molecule has 1 heterocycles. The Morgan fingerprint density at radius 2 is 2.19 bits per heavy atom. The molecule has 21 heavy (non-hydrogen) atoms. The molecule has 0 atom stereocenters. The molecule has 5 heteroatoms. The minimum atomic E-state index is -1.05. The van der Waals surface area contributed by atoms with Crippen LogP contribution in [0, 0.1) is 6.07 Å². The Labute approximate surface area is 123 Å². The second-order valence-corrected chi connectivity index (χ2v) is 4.68. The maximum Gasteiger partial charge on any atom is 0.350 e. The Bertz CT molecular complexity index is 610. The highest BCUT2D eigenvalue weighted by atomic mass is 16.7. The summed E-state index contributed by atoms with van der Waals surface area (Å²) in [7, 11) is 0. The van der Waals surface area contributed by atoms with Crippen molar-refractivity contribution in [3.63, 3.8) is 0 Å². The molecule has 5 nitrogen and oxygen atoms in total. The molecule has 0 aromatic heterocycles. The predicted octanol–water partition coefficient (Wildman–Crippen LogP) is 3.41. The van der Waals surface area contributed by atoms with Crippen LogP contribution >= 0.6 is 0 Å². The molecule has 1 aliphatic rings. The van der Waals surface area contributed by atoms with Crippen LogP contribution in [0.4, 0.5) is 0 Å². The van der Waals surface area contributed by atoms with Crippen LogP contribution in [-0.4, -0.2) is 24.4 Å². The molecular weight excluding hydrogens is 270 g/mol. The van der Waals surface area contributed by atoms with Crippen molar-refractivity contribution in [2.75, 3.05) is 13.3 Å². The molecule has 0 radical (unpaired) electrons. The number of hydrogen-bond acceptors (Lipinski definition) is 3. The van der Waals surface area contributed by atoms with Gasteiger partial charge in [-0.05, 0) is 30.2 Å². The summed E-state index contributed by atoms with van der Waals surface area (Å²) in [5.41, 5.74) is 0.748. The van der Waals surface area contributed by atoms with Gasteiger partial charge in [0.25, 0.3) is 6.54 Å². The summed E-state index contributed by atoms with van der Waals surface area (Å²) in [6.07, 6.45) is 4.65. The third-order valence-corrected chi connectivity index (χ3v) is 3.01. The summed E-state index contributed by atoms with van der Waals surface area (Å²) in [5.74, 6) is 0.238. The molecule has 0 unspecified atom stereocenters. The Morgan fingerprint density at radius 3 is 2.95 bits per heavy atom. The molecule has 0 bridgehead atoms. The molecule has 0 aliphatic carbocycles. The minimum absolute atomic E-state index is 0.0327. The second kappa shape index (κ2) is 7.34. The number of fused-ring (bicyclic) bond motifs is 1. The third kappa shape index (κ3) is 4.25. The fourth-order valence-corrected chi connectivity index (χ4v) is 1.89. The number of carboxylic acids is 1. The number of benzene rings is 1. The van der Waals surface area contributed by atoms with E-state index in [4.69, 9.17) is 9.47 Å². The van der Waals surface area contributed by atoms with E-state index in [9.17, 15) is 9.90 Å². The number of unbranched alkanes of at least 4 members (excludes halogenated alkanes) is 2. The molecular formula is C16H18NO4+. The Balaban J connectivity index is 2.12. The van der Waals surface area contributed by atoms with Crippen molar-refractivity contribution in [2.45, 2.75) is 26.2 Å². The highest BCUT2D eigenvalue weighted by Crippen LogP contribution is 2.33. The van der Waals surface area contributed by atoms with Crippen molar-refractivity contribution in [1.29, 1.82) is 0 Å². The van der Waals surface area contributed by atoms with Crippen molar-refractivity contribution in [3.8, 4) is 17.6 Å². The molecule has 1 aromatic rings. The van der Waals surface area contributed by atoms with Gasteiger partial charge < -0.3 is 14.6 Å². The van der Waals surface area contributed by atoms with Gasteiger partial charge in [-0.15, -0.1) is 0 Å². The smallest absolute Gasteiger partial charge is 0.350 e. The Morgan fingerprint density at radius 1 is 1.38 bits per heavy atom. The second-order valence-electron chi connectivity index (χ2n) is 4.68. The summed E-state index contributed by atoms with van der Waals surface area (Å²) in [6, 6.07) is 7.88. The van der Waals surface area contributed by atoms with Crippen molar-refractivity contribution in [3.05, 3.63) is 34.2 Å². The summed E-state index contributed by atoms with van der Waals surface area (Å²) in [4.78, 5) is 15.3. The summed E-state index contributed by atoms with van der Waals surface area (Å²) >= 11 is 0. The number of ether oxygens (including phenoxy) is 2. The van der Waals surface area contributed by atoms with Crippen LogP contribution < -0.4 is 9.47 Å². The van der Waals surface area contributed by atoms with Crippen LogP contribution in [0.2, 0.25) is 0 Å². The monoisotopic (exact) mass is 288 g/mol. The fraction of sp³-hybridized carbons (Fsp3) is 0.375. The normalized spacial score (nSPS) is 12.7. The van der Waals surface area contributed by atoms with Crippen LogP contribution in [-0.2, 0) is 4.79 Å². The molecule has 0 amide bonds. The predicted molar refractivity (Wildman–Crippen MR) is 79.8 cm³/mol. The summed E-state index contributed by atoms with van der Waals surface area (Å²) in [5, 5.41) is 9.18. The maximum absolute atomic E-state index is 11.2. The van der Waals surface area contributed by atoms with Crippen LogP contribution in [0.25, 0.3) is 10.9 Å². The van der Waals surface area contributed by atoms with E-state index in [0.717, 1.165) is 19.3 Å². The van der Waals surface area contributed by atoms with Crippen molar-refractivity contribution >= 4 is 12.0 Å². The van der Waals surface area contributed by atoms with Crippen LogP contribution in [0.15, 0.2) is 23.8 Å². The standard InChI is InChI=1S/C16H17NO4/c1-2-3-4-7-17-10-13(16(18)19)8-12-5-6-14-15(9-12)21-11-20-14/h5-6,8-9H,2-4,7,11H2,1H3/p+1. The van der Waals surface area contributed by atoms with E-state index < -0.39 is 5.97 Å². The molecule has 1 N–H and O–H groups in total. The first-order chi connectivity index (χ1) is 10.2. The lowest BCUT2D eigenvalue weighted by Crippen LogP contribution is -1.97. The van der Waals surface area contributed by atoms with Gasteiger partial charge >= 0.3 is 12.0 Å². The Hall–Kier alpha value is -2.48. The number of aliphatic carboxylic acids is 1. The maximum atomic E-state index is 11.2. The van der Waals surface area contributed by atoms with Gasteiger partial charge in [0.05, 0.1) is 0 Å². The van der Waals surface area contributed by atoms with E-state index in [2.05, 4.69) is 17.8 Å². The van der Waals surface area contributed by atoms with Gasteiger partial charge in [-0.3, -0.25) is 0 Å². The molecule has 2 rings (SSSR count). The number of hydrogen-bond donors (Lipinski definition) is 1. The quantitative estimate of drug-likeness (QED) is 0.512. The molecule has 0 saturated carbocycles. The number of carboxylic acid groups (broad SMARTS) is 1. The third-order valence-electron chi connectivity index (χ3n) is 3.01. The van der Waals surface area contributed by atoms with Crippen LogP contribution in [0.5, 0.6) is 11.5 Å². The average molecular weight is 288 g/mol. The van der Waals surface area contributed by atoms with Crippen molar-refractivity contribution < 1.29 is 19.4 Å². The van der Waals surface area contributed by atoms with Gasteiger partial charge in [0.2, 0.25) is 6.79 Å². The lowest BCUT2D eigenvalue weighted by Gasteiger charge is -1.97. The molecule has 110 valence electrons.